The molecule has 8 heteroatoms. The van der Waals surface area contributed by atoms with E-state index in [-0.39, 0.29) is 24.7 Å². The SMILES string of the molecule is Cc1c(C)c2c(c(C)c1O)CC[C@](C)(C(=O)NCCNS(C)(=O)=O)O2. The first kappa shape index (κ1) is 19.5. The van der Waals surface area contributed by atoms with Crippen LogP contribution in [-0.4, -0.2) is 44.4 Å². The highest BCUT2D eigenvalue weighted by molar-refractivity contribution is 7.88. The van der Waals surface area contributed by atoms with E-state index in [1.165, 1.54) is 0 Å². The van der Waals surface area contributed by atoms with E-state index in [4.69, 9.17) is 4.74 Å². The van der Waals surface area contributed by atoms with Crippen molar-refractivity contribution in [3.05, 3.63) is 22.3 Å². The molecule has 2 rings (SSSR count). The van der Waals surface area contributed by atoms with Crippen molar-refractivity contribution in [3.8, 4) is 11.5 Å². The Morgan fingerprint density at radius 1 is 1.20 bits per heavy atom. The fourth-order valence-corrected chi connectivity index (χ4v) is 3.48. The van der Waals surface area contributed by atoms with Crippen molar-refractivity contribution in [1.29, 1.82) is 0 Å². The van der Waals surface area contributed by atoms with E-state index in [0.717, 1.165) is 28.5 Å². The summed E-state index contributed by atoms with van der Waals surface area (Å²) in [7, 11) is -3.28. The lowest BCUT2D eigenvalue weighted by Gasteiger charge is -2.36. The molecule has 1 heterocycles. The summed E-state index contributed by atoms with van der Waals surface area (Å²) in [5.74, 6) is 0.655. The van der Waals surface area contributed by atoms with E-state index < -0.39 is 15.6 Å². The molecule has 0 saturated carbocycles. The summed E-state index contributed by atoms with van der Waals surface area (Å²) >= 11 is 0. The minimum atomic E-state index is -3.28. The topological polar surface area (TPSA) is 105 Å². The van der Waals surface area contributed by atoms with Crippen molar-refractivity contribution in [1.82, 2.24) is 10.0 Å². The standard InChI is InChI=1S/C17H26N2O5S/c1-10-11(2)15-13(12(3)14(10)20)6-7-17(4,24-15)16(21)18-8-9-19-25(5,22)23/h19-20H,6-9H2,1-5H3,(H,18,21)/t17-/m1/s1. The lowest BCUT2D eigenvalue weighted by Crippen LogP contribution is -2.52. The first-order valence-electron chi connectivity index (χ1n) is 8.20. The van der Waals surface area contributed by atoms with E-state index in [2.05, 4.69) is 10.0 Å². The highest BCUT2D eigenvalue weighted by atomic mass is 32.2. The van der Waals surface area contributed by atoms with Crippen LogP contribution in [0.2, 0.25) is 0 Å². The molecule has 1 aliphatic rings. The highest BCUT2D eigenvalue weighted by Crippen LogP contribution is 2.43. The van der Waals surface area contributed by atoms with Gasteiger partial charge in [0.2, 0.25) is 10.0 Å². The Morgan fingerprint density at radius 2 is 1.84 bits per heavy atom. The van der Waals surface area contributed by atoms with E-state index in [1.807, 2.05) is 20.8 Å². The molecule has 7 nitrogen and oxygen atoms in total. The van der Waals surface area contributed by atoms with Gasteiger partial charge in [0, 0.05) is 25.1 Å². The van der Waals surface area contributed by atoms with Gasteiger partial charge in [0.15, 0.2) is 5.60 Å². The second kappa shape index (κ2) is 6.84. The molecular formula is C17H26N2O5S. The van der Waals surface area contributed by atoms with Crippen LogP contribution in [0.1, 0.15) is 35.6 Å². The van der Waals surface area contributed by atoms with Gasteiger partial charge in [-0.25, -0.2) is 13.1 Å². The fraction of sp³-hybridized carbons (Fsp3) is 0.588. The molecule has 140 valence electrons. The number of hydrogen-bond donors (Lipinski definition) is 3. The predicted octanol–water partition coefficient (Wildman–Crippen LogP) is 1.07. The quantitative estimate of drug-likeness (QED) is 0.673. The summed E-state index contributed by atoms with van der Waals surface area (Å²) in [5.41, 5.74) is 2.27. The Labute approximate surface area is 148 Å². The molecule has 0 fully saturated rings. The number of fused-ring (bicyclic) bond motifs is 1. The van der Waals surface area contributed by atoms with E-state index in [1.54, 1.807) is 6.92 Å². The van der Waals surface area contributed by atoms with Gasteiger partial charge in [-0.2, -0.15) is 0 Å². The van der Waals surface area contributed by atoms with Crippen LogP contribution >= 0.6 is 0 Å². The van der Waals surface area contributed by atoms with E-state index in [0.29, 0.717) is 18.6 Å². The van der Waals surface area contributed by atoms with Crippen molar-refractivity contribution >= 4 is 15.9 Å². The summed E-state index contributed by atoms with van der Waals surface area (Å²) < 4.78 is 30.5. The van der Waals surface area contributed by atoms with E-state index >= 15 is 0 Å². The highest BCUT2D eigenvalue weighted by Gasteiger charge is 2.40. The first-order chi connectivity index (χ1) is 11.5. The van der Waals surface area contributed by atoms with Crippen LogP contribution in [0.5, 0.6) is 11.5 Å². The van der Waals surface area contributed by atoms with Gasteiger partial charge in [0.1, 0.15) is 11.5 Å². The molecule has 25 heavy (non-hydrogen) atoms. The van der Waals surface area contributed by atoms with Crippen molar-refractivity contribution in [2.75, 3.05) is 19.3 Å². The average Bonchev–Trinajstić information content (AvgIpc) is 2.53. The maximum atomic E-state index is 12.5. The maximum absolute atomic E-state index is 12.5. The zero-order valence-corrected chi connectivity index (χ0v) is 16.1. The number of nitrogens with one attached hydrogen (secondary N) is 2. The summed E-state index contributed by atoms with van der Waals surface area (Å²) in [4.78, 5) is 12.5. The zero-order chi connectivity index (χ0) is 19.0. The summed E-state index contributed by atoms with van der Waals surface area (Å²) in [6, 6.07) is 0. The molecule has 0 bridgehead atoms. The Hall–Kier alpha value is -1.80. The number of phenols is 1. The van der Waals surface area contributed by atoms with Crippen molar-refractivity contribution in [3.63, 3.8) is 0 Å². The Bertz CT molecular complexity index is 804. The van der Waals surface area contributed by atoms with Crippen LogP contribution in [0.25, 0.3) is 0 Å². The third kappa shape index (κ3) is 4.07. The molecule has 1 amide bonds. The van der Waals surface area contributed by atoms with Crippen LogP contribution in [0.3, 0.4) is 0 Å². The lowest BCUT2D eigenvalue weighted by atomic mass is 9.86. The molecule has 0 unspecified atom stereocenters. The van der Waals surface area contributed by atoms with Crippen molar-refractivity contribution < 1.29 is 23.1 Å². The van der Waals surface area contributed by atoms with Gasteiger partial charge in [-0.3, -0.25) is 4.79 Å². The number of carbonyl (C=O) groups excluding carboxylic acids is 1. The first-order valence-corrected chi connectivity index (χ1v) is 10.1. The minimum absolute atomic E-state index is 0.127. The Balaban J connectivity index is 2.13. The van der Waals surface area contributed by atoms with Crippen LogP contribution in [0, 0.1) is 20.8 Å². The third-order valence-electron chi connectivity index (χ3n) is 4.77. The second-order valence-electron chi connectivity index (χ2n) is 6.79. The van der Waals surface area contributed by atoms with Crippen LogP contribution in [0.15, 0.2) is 0 Å². The second-order valence-corrected chi connectivity index (χ2v) is 8.62. The molecule has 3 N–H and O–H groups in total. The predicted molar refractivity (Wildman–Crippen MR) is 95.5 cm³/mol. The largest absolute Gasteiger partial charge is 0.507 e. The van der Waals surface area contributed by atoms with Crippen molar-refractivity contribution in [2.45, 2.75) is 46.1 Å². The number of carbonyl (C=O) groups is 1. The monoisotopic (exact) mass is 370 g/mol. The maximum Gasteiger partial charge on any atom is 0.263 e. The summed E-state index contributed by atoms with van der Waals surface area (Å²) in [5, 5.41) is 12.9. The van der Waals surface area contributed by atoms with Gasteiger partial charge in [-0.1, -0.05) is 0 Å². The molecule has 1 aromatic rings. The molecule has 1 aromatic carbocycles. The number of hydrogen-bond acceptors (Lipinski definition) is 5. The summed E-state index contributed by atoms with van der Waals surface area (Å²) in [6.07, 6.45) is 2.18. The number of phenolic OH excluding ortho intramolecular Hbond substituents is 1. The van der Waals surface area contributed by atoms with Crippen LogP contribution in [-0.2, 0) is 21.2 Å². The van der Waals surface area contributed by atoms with Crippen molar-refractivity contribution in [2.24, 2.45) is 0 Å². The zero-order valence-electron chi connectivity index (χ0n) is 15.3. The van der Waals surface area contributed by atoms with Gasteiger partial charge < -0.3 is 15.2 Å². The fourth-order valence-electron chi connectivity index (χ4n) is 3.01. The van der Waals surface area contributed by atoms with Gasteiger partial charge >= 0.3 is 0 Å². The number of amides is 1. The number of ether oxygens (including phenoxy) is 1. The van der Waals surface area contributed by atoms with E-state index in [9.17, 15) is 18.3 Å². The molecule has 1 aliphatic heterocycles. The van der Waals surface area contributed by atoms with Gasteiger partial charge in [0.05, 0.1) is 6.26 Å². The summed E-state index contributed by atoms with van der Waals surface area (Å²) in [6.45, 7) is 7.58. The molecule has 0 radical (unpaired) electrons. The Kier molecular flexibility index (Phi) is 5.34. The number of benzene rings is 1. The number of sulfonamides is 1. The molecule has 1 atom stereocenters. The molecule has 0 saturated heterocycles. The third-order valence-corrected chi connectivity index (χ3v) is 5.50. The minimum Gasteiger partial charge on any atom is -0.507 e. The molecular weight excluding hydrogens is 344 g/mol. The normalized spacial score (nSPS) is 19.9. The van der Waals surface area contributed by atoms with Crippen LogP contribution < -0.4 is 14.8 Å². The molecule has 0 spiro atoms. The Morgan fingerprint density at radius 3 is 2.44 bits per heavy atom. The van der Waals surface area contributed by atoms with Gasteiger partial charge in [-0.05, 0) is 50.8 Å². The van der Waals surface area contributed by atoms with Crippen LogP contribution in [0.4, 0.5) is 0 Å². The van der Waals surface area contributed by atoms with Gasteiger partial charge in [0.25, 0.3) is 5.91 Å². The molecule has 0 aromatic heterocycles. The molecule has 0 aliphatic carbocycles. The number of rotatable bonds is 5. The lowest BCUT2D eigenvalue weighted by molar-refractivity contribution is -0.136. The average molecular weight is 370 g/mol. The number of aromatic hydroxyl groups is 1. The van der Waals surface area contributed by atoms with Gasteiger partial charge in [-0.15, -0.1) is 0 Å². The smallest absolute Gasteiger partial charge is 0.263 e.